The molecule has 0 saturated carbocycles. The fourth-order valence-corrected chi connectivity index (χ4v) is 1.19. The van der Waals surface area contributed by atoms with Gasteiger partial charge in [0.25, 0.3) is 6.43 Å². The van der Waals surface area contributed by atoms with Crippen molar-refractivity contribution < 1.29 is 44.8 Å². The molecule has 0 amide bonds. The number of hydrogen-bond acceptors (Lipinski definition) is 4. The van der Waals surface area contributed by atoms with Crippen molar-refractivity contribution in [3.8, 4) is 5.75 Å². The molecule has 0 bridgehead atoms. The highest BCUT2D eigenvalue weighted by Crippen LogP contribution is 2.42. The minimum atomic E-state index is -5.63. The average Bonchev–Trinajstić information content (AvgIpc) is 2.24. The number of nitrogens with zero attached hydrogens (tertiary/aromatic N) is 2. The number of ether oxygens (including phenoxy) is 1. The van der Waals surface area contributed by atoms with E-state index in [1.807, 2.05) is 0 Å². The van der Waals surface area contributed by atoms with Crippen LogP contribution in [-0.2, 0) is 6.18 Å². The lowest BCUT2D eigenvalue weighted by atomic mass is 10.2. The maximum atomic E-state index is 12.5. The SMILES string of the molecule is O=[N+]([O-])c1cc(C(F)(F)F)nc(C(F)F)c1OC(F)(F)F. The van der Waals surface area contributed by atoms with Crippen LogP contribution in [0.3, 0.4) is 0 Å². The van der Waals surface area contributed by atoms with E-state index in [-0.39, 0.29) is 0 Å². The Morgan fingerprint density at radius 1 is 1.19 bits per heavy atom. The van der Waals surface area contributed by atoms with E-state index in [2.05, 4.69) is 9.72 Å². The lowest BCUT2D eigenvalue weighted by molar-refractivity contribution is -0.389. The highest BCUT2D eigenvalue weighted by Gasteiger charge is 2.42. The summed E-state index contributed by atoms with van der Waals surface area (Å²) in [7, 11) is 0. The van der Waals surface area contributed by atoms with Crippen LogP contribution in [0.25, 0.3) is 0 Å². The number of nitro groups is 1. The Morgan fingerprint density at radius 2 is 1.71 bits per heavy atom. The first-order valence-corrected chi connectivity index (χ1v) is 4.63. The molecule has 1 heterocycles. The highest BCUT2D eigenvalue weighted by atomic mass is 19.4. The van der Waals surface area contributed by atoms with Crippen LogP contribution in [0.4, 0.5) is 40.8 Å². The minimum absolute atomic E-state index is 0.424. The molecule has 0 radical (unpaired) electrons. The average molecular weight is 326 g/mol. The summed E-state index contributed by atoms with van der Waals surface area (Å²) < 4.78 is 101. The first-order valence-electron chi connectivity index (χ1n) is 4.63. The number of pyridine rings is 1. The summed E-state index contributed by atoms with van der Waals surface area (Å²) in [6.45, 7) is 0. The molecule has 0 aromatic carbocycles. The van der Waals surface area contributed by atoms with Gasteiger partial charge in [-0.25, -0.2) is 13.8 Å². The van der Waals surface area contributed by atoms with Gasteiger partial charge in [0.15, 0.2) is 11.4 Å². The smallest absolute Gasteiger partial charge is 0.396 e. The second kappa shape index (κ2) is 5.29. The maximum Gasteiger partial charge on any atom is 0.573 e. The van der Waals surface area contributed by atoms with Crippen molar-refractivity contribution in [2.45, 2.75) is 19.0 Å². The van der Waals surface area contributed by atoms with Crippen LogP contribution in [0.15, 0.2) is 6.07 Å². The van der Waals surface area contributed by atoms with Gasteiger partial charge in [-0.1, -0.05) is 0 Å². The van der Waals surface area contributed by atoms with Crippen molar-refractivity contribution in [2.75, 3.05) is 0 Å². The molecule has 0 unspecified atom stereocenters. The summed E-state index contributed by atoms with van der Waals surface area (Å²) >= 11 is 0. The Hall–Kier alpha value is -2.21. The standard InChI is InChI=1S/C8H2F8N2O3/c9-6(10)4-5(21-8(14,15)16)2(18(19)20)1-3(17-4)7(11,12)13/h1,6H. The van der Waals surface area contributed by atoms with Crippen LogP contribution in [0, 0.1) is 10.1 Å². The monoisotopic (exact) mass is 326 g/mol. The third-order valence-electron chi connectivity index (χ3n) is 1.89. The zero-order valence-corrected chi connectivity index (χ0v) is 9.30. The van der Waals surface area contributed by atoms with Gasteiger partial charge in [-0.15, -0.1) is 13.2 Å². The number of aromatic nitrogens is 1. The van der Waals surface area contributed by atoms with Gasteiger partial charge in [0.1, 0.15) is 0 Å². The summed E-state index contributed by atoms with van der Waals surface area (Å²) in [4.78, 5) is 11.0. The van der Waals surface area contributed by atoms with E-state index in [0.29, 0.717) is 0 Å². The molecule has 5 nitrogen and oxygen atoms in total. The van der Waals surface area contributed by atoms with Crippen molar-refractivity contribution in [1.29, 1.82) is 0 Å². The number of rotatable bonds is 3. The lowest BCUT2D eigenvalue weighted by Gasteiger charge is -2.14. The van der Waals surface area contributed by atoms with Crippen molar-refractivity contribution >= 4 is 5.69 Å². The third kappa shape index (κ3) is 4.13. The largest absolute Gasteiger partial charge is 0.573 e. The van der Waals surface area contributed by atoms with Crippen LogP contribution >= 0.6 is 0 Å². The predicted octanol–water partition coefficient (Wildman–Crippen LogP) is 3.84. The van der Waals surface area contributed by atoms with E-state index < -0.39 is 52.8 Å². The maximum absolute atomic E-state index is 12.5. The van der Waals surface area contributed by atoms with E-state index in [0.717, 1.165) is 0 Å². The second-order valence-electron chi connectivity index (χ2n) is 3.34. The molecular weight excluding hydrogens is 324 g/mol. The van der Waals surface area contributed by atoms with E-state index >= 15 is 0 Å². The Bertz CT molecular complexity index is 554. The van der Waals surface area contributed by atoms with Gasteiger partial charge in [0, 0.05) is 0 Å². The fraction of sp³-hybridized carbons (Fsp3) is 0.375. The van der Waals surface area contributed by atoms with Gasteiger partial charge < -0.3 is 4.74 Å². The van der Waals surface area contributed by atoms with Crippen LogP contribution < -0.4 is 4.74 Å². The van der Waals surface area contributed by atoms with Gasteiger partial charge in [0.05, 0.1) is 11.0 Å². The summed E-state index contributed by atoms with van der Waals surface area (Å²) in [6, 6.07) is -0.424. The molecule has 21 heavy (non-hydrogen) atoms. The van der Waals surface area contributed by atoms with Gasteiger partial charge in [-0.05, 0) is 0 Å². The highest BCUT2D eigenvalue weighted by molar-refractivity contribution is 5.51. The molecule has 13 heteroatoms. The van der Waals surface area contributed by atoms with Crippen LogP contribution in [0.5, 0.6) is 5.75 Å². The van der Waals surface area contributed by atoms with Crippen molar-refractivity contribution in [3.05, 3.63) is 27.6 Å². The Kier molecular flexibility index (Phi) is 4.24. The molecule has 0 aliphatic carbocycles. The molecule has 0 fully saturated rings. The van der Waals surface area contributed by atoms with Gasteiger partial charge >= 0.3 is 18.2 Å². The Balaban J connectivity index is 3.63. The molecule has 0 aliphatic rings. The van der Waals surface area contributed by atoms with Crippen molar-refractivity contribution in [1.82, 2.24) is 4.98 Å². The number of hydrogen-bond donors (Lipinski definition) is 0. The Labute approximate surface area is 109 Å². The fourth-order valence-electron chi connectivity index (χ4n) is 1.19. The summed E-state index contributed by atoms with van der Waals surface area (Å²) in [5.74, 6) is -2.09. The molecule has 0 N–H and O–H groups in total. The molecule has 118 valence electrons. The molecule has 0 spiro atoms. The van der Waals surface area contributed by atoms with Gasteiger partial charge in [-0.2, -0.15) is 13.2 Å². The van der Waals surface area contributed by atoms with E-state index in [9.17, 15) is 45.2 Å². The molecule has 0 aliphatic heterocycles. The van der Waals surface area contributed by atoms with E-state index in [1.54, 1.807) is 0 Å². The van der Waals surface area contributed by atoms with Crippen molar-refractivity contribution in [3.63, 3.8) is 0 Å². The summed E-state index contributed by atoms with van der Waals surface area (Å²) in [5, 5.41) is 10.5. The second-order valence-corrected chi connectivity index (χ2v) is 3.34. The zero-order chi connectivity index (χ0) is 16.6. The number of halogens is 8. The van der Waals surface area contributed by atoms with Gasteiger partial charge in [-0.3, -0.25) is 10.1 Å². The van der Waals surface area contributed by atoms with Crippen LogP contribution in [0.2, 0.25) is 0 Å². The van der Waals surface area contributed by atoms with Crippen molar-refractivity contribution in [2.24, 2.45) is 0 Å². The molecular formula is C8H2F8N2O3. The van der Waals surface area contributed by atoms with Crippen LogP contribution in [-0.4, -0.2) is 16.3 Å². The third-order valence-corrected chi connectivity index (χ3v) is 1.89. The predicted molar refractivity (Wildman–Crippen MR) is 47.5 cm³/mol. The normalized spacial score (nSPS) is 12.6. The number of alkyl halides is 8. The first kappa shape index (κ1) is 16.8. The van der Waals surface area contributed by atoms with Crippen LogP contribution in [0.1, 0.15) is 17.8 Å². The minimum Gasteiger partial charge on any atom is -0.396 e. The summed E-state index contributed by atoms with van der Waals surface area (Å²) in [5.41, 5.74) is -6.20. The molecule has 1 aromatic rings. The summed E-state index contributed by atoms with van der Waals surface area (Å²) in [6.07, 6.45) is -15.0. The van der Waals surface area contributed by atoms with Gasteiger partial charge in [0.2, 0.25) is 5.75 Å². The molecule has 1 rings (SSSR count). The van der Waals surface area contributed by atoms with E-state index in [4.69, 9.17) is 0 Å². The lowest BCUT2D eigenvalue weighted by Crippen LogP contribution is -2.21. The van der Waals surface area contributed by atoms with E-state index in [1.165, 1.54) is 0 Å². The zero-order valence-electron chi connectivity index (χ0n) is 9.30. The Morgan fingerprint density at radius 3 is 2.05 bits per heavy atom. The quantitative estimate of drug-likeness (QED) is 0.481. The topological polar surface area (TPSA) is 65.3 Å². The molecule has 0 atom stereocenters. The molecule has 1 aromatic heterocycles. The molecule has 0 saturated heterocycles. The first-order chi connectivity index (χ1) is 9.33.